The van der Waals surface area contributed by atoms with Gasteiger partial charge in [-0.1, -0.05) is 19.6 Å². The lowest BCUT2D eigenvalue weighted by atomic mass is 10.1. The fraction of sp³-hybridized carbons (Fsp3) is 0.517. The number of aromatic nitrogens is 5. The molecule has 11 nitrogen and oxygen atoms in total. The molecule has 18 heteroatoms. The molecule has 47 heavy (non-hydrogen) atoms. The van der Waals surface area contributed by atoms with E-state index in [-0.39, 0.29) is 38.2 Å². The smallest absolute Gasteiger partial charge is 0.381 e. The van der Waals surface area contributed by atoms with E-state index in [0.29, 0.717) is 42.3 Å². The molecule has 1 fully saturated rings. The van der Waals surface area contributed by atoms with Gasteiger partial charge in [-0.05, 0) is 43.5 Å². The van der Waals surface area contributed by atoms with E-state index in [1.54, 1.807) is 19.1 Å². The molecule has 0 radical (unpaired) electrons. The monoisotopic (exact) mass is 686 g/mol. The van der Waals surface area contributed by atoms with E-state index in [9.17, 15) is 35.9 Å². The normalized spacial score (nSPS) is 15.2. The third kappa shape index (κ3) is 9.72. The second-order valence-corrected chi connectivity index (χ2v) is 18.0. The highest BCUT2D eigenvalue weighted by Crippen LogP contribution is 2.32. The van der Waals surface area contributed by atoms with E-state index in [1.807, 2.05) is 0 Å². The summed E-state index contributed by atoms with van der Waals surface area (Å²) in [4.78, 5) is 40.4. The Labute approximate surface area is 268 Å². The highest BCUT2D eigenvalue weighted by molar-refractivity contribution is 6.76. The largest absolute Gasteiger partial charge is 0.423 e. The number of nitrogens with zero attached hydrogens (tertiary/aromatic N) is 7. The molecule has 1 saturated heterocycles. The van der Waals surface area contributed by atoms with Crippen molar-refractivity contribution in [2.45, 2.75) is 70.6 Å². The van der Waals surface area contributed by atoms with Crippen LogP contribution in [0.15, 0.2) is 41.7 Å². The number of amides is 1. The van der Waals surface area contributed by atoms with Crippen LogP contribution in [-0.2, 0) is 35.0 Å². The van der Waals surface area contributed by atoms with Crippen LogP contribution < -0.4 is 20.7 Å². The number of hydrogen-bond acceptors (Lipinski definition) is 9. The maximum absolute atomic E-state index is 14.0. The summed E-state index contributed by atoms with van der Waals surface area (Å²) in [6, 6.07) is 3.71. The number of carbonyl (C=O) groups excluding carboxylic acids is 1. The Morgan fingerprint density at radius 3 is 2.32 bits per heavy atom. The summed E-state index contributed by atoms with van der Waals surface area (Å²) in [5.41, 5.74) is -3.29. The molecule has 0 spiro atoms. The van der Waals surface area contributed by atoms with Crippen molar-refractivity contribution in [3.8, 4) is 0 Å². The Morgan fingerprint density at radius 1 is 1.00 bits per heavy atom. The van der Waals surface area contributed by atoms with Crippen molar-refractivity contribution < 1.29 is 35.9 Å². The highest BCUT2D eigenvalue weighted by atomic mass is 28.3. The van der Waals surface area contributed by atoms with Gasteiger partial charge in [0.25, 0.3) is 5.56 Å². The number of piperazine rings is 1. The molecule has 0 saturated carbocycles. The van der Waals surface area contributed by atoms with Gasteiger partial charge < -0.3 is 15.0 Å². The molecule has 0 aliphatic carbocycles. The number of halogens is 6. The summed E-state index contributed by atoms with van der Waals surface area (Å²) in [7, 11) is -1.42. The van der Waals surface area contributed by atoms with Crippen molar-refractivity contribution in [3.63, 3.8) is 0 Å². The number of anilines is 3. The molecule has 4 rings (SSSR count). The average Bonchev–Trinajstić information content (AvgIpc) is 2.98. The summed E-state index contributed by atoms with van der Waals surface area (Å²) in [5, 5.41) is 6.66. The van der Waals surface area contributed by atoms with Crippen LogP contribution >= 0.6 is 0 Å². The zero-order chi connectivity index (χ0) is 34.6. The highest BCUT2D eigenvalue weighted by Gasteiger charge is 2.38. The lowest BCUT2D eigenvalue weighted by molar-refractivity contribution is -0.139. The molecule has 0 aromatic carbocycles. The molecule has 1 amide bonds. The fourth-order valence-corrected chi connectivity index (χ4v) is 5.45. The first-order chi connectivity index (χ1) is 21.9. The number of pyridine rings is 1. The molecule has 256 valence electrons. The van der Waals surface area contributed by atoms with Gasteiger partial charge in [-0.15, -0.1) is 0 Å². The Hall–Kier alpha value is -4.06. The minimum atomic E-state index is -4.92. The van der Waals surface area contributed by atoms with Crippen LogP contribution in [-0.4, -0.2) is 71.0 Å². The molecule has 1 atom stereocenters. The zero-order valence-electron chi connectivity index (χ0n) is 26.3. The molecule has 1 aliphatic heterocycles. The van der Waals surface area contributed by atoms with Crippen molar-refractivity contribution >= 4 is 31.4 Å². The van der Waals surface area contributed by atoms with Crippen LogP contribution in [0.1, 0.15) is 30.0 Å². The second-order valence-electron chi connectivity index (χ2n) is 12.4. The molecule has 1 aliphatic rings. The van der Waals surface area contributed by atoms with E-state index in [4.69, 9.17) is 4.74 Å². The SMILES string of the molecule is C[C@@H](CCc1ccnc(N2CCN(c3ncc(C(F)(F)F)cn3)CC2=O)c1)Nc1cnn(COCC[Si](C)(C)C)c(=O)c1C(F)(F)F. The average molecular weight is 687 g/mol. The first-order valence-corrected chi connectivity index (χ1v) is 18.5. The van der Waals surface area contributed by atoms with E-state index < -0.39 is 48.8 Å². The fourth-order valence-electron chi connectivity index (χ4n) is 4.69. The van der Waals surface area contributed by atoms with Gasteiger partial charge in [-0.2, -0.15) is 31.4 Å². The van der Waals surface area contributed by atoms with E-state index >= 15 is 0 Å². The van der Waals surface area contributed by atoms with Crippen molar-refractivity contribution in [1.82, 2.24) is 24.7 Å². The molecule has 4 heterocycles. The molecular formula is C29H36F6N8O3Si. The summed E-state index contributed by atoms with van der Waals surface area (Å²) in [6.07, 6.45) is -4.89. The number of aryl methyl sites for hydroxylation is 1. The Morgan fingerprint density at radius 2 is 1.70 bits per heavy atom. The number of ether oxygens (including phenoxy) is 1. The third-order valence-electron chi connectivity index (χ3n) is 7.36. The van der Waals surface area contributed by atoms with Gasteiger partial charge >= 0.3 is 12.4 Å². The molecule has 3 aromatic heterocycles. The van der Waals surface area contributed by atoms with Crippen molar-refractivity contribution in [2.75, 3.05) is 41.4 Å². The topological polar surface area (TPSA) is 118 Å². The summed E-state index contributed by atoms with van der Waals surface area (Å²) in [6.45, 7) is 8.28. The number of nitrogens with one attached hydrogen (secondary N) is 1. The molecule has 1 N–H and O–H groups in total. The van der Waals surface area contributed by atoms with Crippen LogP contribution in [0.4, 0.5) is 43.8 Å². The Kier molecular flexibility index (Phi) is 10.9. The number of alkyl halides is 6. The van der Waals surface area contributed by atoms with Crippen LogP contribution in [0.2, 0.25) is 25.7 Å². The molecule has 0 unspecified atom stereocenters. The first-order valence-electron chi connectivity index (χ1n) is 14.8. The zero-order valence-corrected chi connectivity index (χ0v) is 27.3. The first kappa shape index (κ1) is 35.8. The van der Waals surface area contributed by atoms with E-state index in [0.717, 1.165) is 17.8 Å². The predicted molar refractivity (Wildman–Crippen MR) is 165 cm³/mol. The minimum Gasteiger partial charge on any atom is -0.381 e. The summed E-state index contributed by atoms with van der Waals surface area (Å²) < 4.78 is 86.5. The second kappa shape index (κ2) is 14.4. The quantitative estimate of drug-likeness (QED) is 0.158. The minimum absolute atomic E-state index is 0.00111. The maximum Gasteiger partial charge on any atom is 0.423 e. The Balaban J connectivity index is 1.36. The van der Waals surface area contributed by atoms with E-state index in [1.165, 1.54) is 16.0 Å². The van der Waals surface area contributed by atoms with Gasteiger partial charge in [0.05, 0.1) is 17.4 Å². The lowest BCUT2D eigenvalue weighted by Gasteiger charge is -2.33. The van der Waals surface area contributed by atoms with Gasteiger partial charge in [0, 0.05) is 52.4 Å². The summed E-state index contributed by atoms with van der Waals surface area (Å²) >= 11 is 0. The molecular weight excluding hydrogens is 650 g/mol. The van der Waals surface area contributed by atoms with Gasteiger partial charge in [-0.25, -0.2) is 19.6 Å². The van der Waals surface area contributed by atoms with Crippen LogP contribution in [0.3, 0.4) is 0 Å². The third-order valence-corrected chi connectivity index (χ3v) is 9.06. The maximum atomic E-state index is 14.0. The lowest BCUT2D eigenvalue weighted by Crippen LogP contribution is -2.51. The van der Waals surface area contributed by atoms with Gasteiger partial charge in [0.1, 0.15) is 24.7 Å². The van der Waals surface area contributed by atoms with Gasteiger partial charge in [0.15, 0.2) is 0 Å². The molecule has 0 bridgehead atoms. The van der Waals surface area contributed by atoms with Gasteiger partial charge in [-0.3, -0.25) is 14.5 Å². The predicted octanol–water partition coefficient (Wildman–Crippen LogP) is 5.06. The van der Waals surface area contributed by atoms with Crippen molar-refractivity contribution in [1.29, 1.82) is 0 Å². The van der Waals surface area contributed by atoms with Crippen molar-refractivity contribution in [3.05, 3.63) is 64.0 Å². The number of hydrogen-bond donors (Lipinski definition) is 1. The van der Waals surface area contributed by atoms with Crippen LogP contribution in [0, 0.1) is 0 Å². The van der Waals surface area contributed by atoms with Gasteiger partial charge in [0.2, 0.25) is 11.9 Å². The Bertz CT molecular complexity index is 1590. The summed E-state index contributed by atoms with van der Waals surface area (Å²) in [5.74, 6) is 0.00401. The van der Waals surface area contributed by atoms with Crippen molar-refractivity contribution in [2.24, 2.45) is 0 Å². The standard InChI is InChI=1S/C29H36F6N8O3Si/c1-19(40-22-16-39-43(18-46-11-12-47(2,3)4)26(45)25(22)29(33,34)35)5-6-20-7-8-36-23(13-20)42-10-9-41(17-24(42)44)27-37-14-21(15-38-27)28(30,31)32/h7-8,13-16,19,40H,5-6,9-12,17-18H2,1-4H3/t19-/m0/s1. The number of rotatable bonds is 12. The van der Waals surface area contributed by atoms with Crippen LogP contribution in [0.25, 0.3) is 0 Å². The van der Waals surface area contributed by atoms with E-state index in [2.05, 4.69) is 45.0 Å². The number of carbonyl (C=O) groups is 1. The van der Waals surface area contributed by atoms with Crippen LogP contribution in [0.5, 0.6) is 0 Å². The molecule has 3 aromatic rings.